The van der Waals surface area contributed by atoms with E-state index in [9.17, 15) is 9.90 Å². The molecule has 0 fully saturated rings. The van der Waals surface area contributed by atoms with Crippen LogP contribution in [-0.2, 0) is 24.4 Å². The zero-order valence-electron chi connectivity index (χ0n) is 12.3. The Morgan fingerprint density at radius 3 is 2.81 bits per heavy atom. The summed E-state index contributed by atoms with van der Waals surface area (Å²) in [6.45, 7) is 7.58. The van der Waals surface area contributed by atoms with Gasteiger partial charge >= 0.3 is 5.97 Å². The number of thiophene rings is 1. The molecule has 1 N–H and O–H groups in total. The van der Waals surface area contributed by atoms with Crippen molar-refractivity contribution in [2.24, 2.45) is 0 Å². The highest BCUT2D eigenvalue weighted by molar-refractivity contribution is 7.12. The zero-order chi connectivity index (χ0) is 15.1. The molecular formula is C14H18N4O2S. The molecule has 0 aromatic carbocycles. The first-order valence-corrected chi connectivity index (χ1v) is 7.69. The SMILES string of the molecule is Cc1cc(CN2Cc3nnc(C)n3CC2C(=O)O)c(C)s1. The van der Waals surface area contributed by atoms with E-state index in [1.165, 1.54) is 15.3 Å². The first-order chi connectivity index (χ1) is 9.95. The van der Waals surface area contributed by atoms with Crippen molar-refractivity contribution >= 4 is 17.3 Å². The van der Waals surface area contributed by atoms with Crippen LogP contribution in [0.25, 0.3) is 0 Å². The Morgan fingerprint density at radius 1 is 1.43 bits per heavy atom. The summed E-state index contributed by atoms with van der Waals surface area (Å²) in [5.41, 5.74) is 1.20. The van der Waals surface area contributed by atoms with Crippen LogP contribution in [0.15, 0.2) is 6.07 Å². The molecule has 1 aliphatic rings. The molecule has 1 atom stereocenters. The fraction of sp³-hybridized carbons (Fsp3) is 0.500. The summed E-state index contributed by atoms with van der Waals surface area (Å²) in [6.07, 6.45) is 0. The lowest BCUT2D eigenvalue weighted by atomic mass is 10.1. The van der Waals surface area contributed by atoms with Crippen molar-refractivity contribution in [1.29, 1.82) is 0 Å². The maximum Gasteiger partial charge on any atom is 0.322 e. The van der Waals surface area contributed by atoms with E-state index in [4.69, 9.17) is 0 Å². The Balaban J connectivity index is 1.89. The van der Waals surface area contributed by atoms with Crippen LogP contribution >= 0.6 is 11.3 Å². The number of carboxylic acid groups (broad SMARTS) is 1. The number of nitrogens with zero attached hydrogens (tertiary/aromatic N) is 4. The molecule has 3 heterocycles. The van der Waals surface area contributed by atoms with Gasteiger partial charge in [-0.1, -0.05) is 0 Å². The van der Waals surface area contributed by atoms with Crippen LogP contribution in [0.5, 0.6) is 0 Å². The van der Waals surface area contributed by atoms with Gasteiger partial charge in [0.2, 0.25) is 0 Å². The summed E-state index contributed by atoms with van der Waals surface area (Å²) in [5.74, 6) is 0.825. The number of carboxylic acids is 1. The minimum Gasteiger partial charge on any atom is -0.480 e. The van der Waals surface area contributed by atoms with Gasteiger partial charge in [-0.2, -0.15) is 0 Å². The van der Waals surface area contributed by atoms with E-state index >= 15 is 0 Å². The van der Waals surface area contributed by atoms with Crippen molar-refractivity contribution in [3.8, 4) is 0 Å². The molecule has 1 unspecified atom stereocenters. The normalized spacial score (nSPS) is 18.7. The largest absolute Gasteiger partial charge is 0.480 e. The molecule has 0 amide bonds. The Labute approximate surface area is 127 Å². The Hall–Kier alpha value is -1.73. The lowest BCUT2D eigenvalue weighted by Gasteiger charge is -2.33. The molecule has 0 radical (unpaired) electrons. The lowest BCUT2D eigenvalue weighted by molar-refractivity contribution is -0.145. The van der Waals surface area contributed by atoms with Gasteiger partial charge in [0.15, 0.2) is 0 Å². The highest BCUT2D eigenvalue weighted by Crippen LogP contribution is 2.26. The minimum absolute atomic E-state index is 0.408. The van der Waals surface area contributed by atoms with Crippen molar-refractivity contribution in [2.75, 3.05) is 0 Å². The van der Waals surface area contributed by atoms with Gasteiger partial charge in [-0.15, -0.1) is 21.5 Å². The first kappa shape index (κ1) is 14.2. The van der Waals surface area contributed by atoms with Crippen molar-refractivity contribution in [3.63, 3.8) is 0 Å². The predicted molar refractivity (Wildman–Crippen MR) is 79.2 cm³/mol. The summed E-state index contributed by atoms with van der Waals surface area (Å²) in [4.78, 5) is 16.1. The maximum absolute atomic E-state index is 11.6. The van der Waals surface area contributed by atoms with Gasteiger partial charge in [0.25, 0.3) is 0 Å². The molecule has 0 bridgehead atoms. The number of fused-ring (bicyclic) bond motifs is 1. The molecule has 0 spiro atoms. The van der Waals surface area contributed by atoms with Crippen LogP contribution in [0, 0.1) is 20.8 Å². The number of rotatable bonds is 3. The first-order valence-electron chi connectivity index (χ1n) is 6.87. The van der Waals surface area contributed by atoms with Crippen molar-refractivity contribution in [3.05, 3.63) is 33.0 Å². The third kappa shape index (κ3) is 2.58. The molecule has 2 aromatic heterocycles. The fourth-order valence-corrected chi connectivity index (χ4v) is 3.76. The topological polar surface area (TPSA) is 71.2 Å². The molecule has 0 saturated heterocycles. The fourth-order valence-electron chi connectivity index (χ4n) is 2.82. The minimum atomic E-state index is -0.793. The monoisotopic (exact) mass is 306 g/mol. The smallest absolute Gasteiger partial charge is 0.322 e. The average molecular weight is 306 g/mol. The Kier molecular flexibility index (Phi) is 3.54. The molecule has 0 aliphatic carbocycles. The quantitative estimate of drug-likeness (QED) is 0.935. The van der Waals surface area contributed by atoms with Crippen LogP contribution in [-0.4, -0.2) is 36.8 Å². The summed E-state index contributed by atoms with van der Waals surface area (Å²) in [6, 6.07) is 1.61. The van der Waals surface area contributed by atoms with Crippen LogP contribution in [0.3, 0.4) is 0 Å². The van der Waals surface area contributed by atoms with E-state index < -0.39 is 12.0 Å². The van der Waals surface area contributed by atoms with Crippen LogP contribution in [0.2, 0.25) is 0 Å². The standard InChI is InChI=1S/C14H18N4O2S/c1-8-4-11(9(2)21-8)5-17-7-13-16-15-10(3)18(13)6-12(17)14(19)20/h4,12H,5-7H2,1-3H3,(H,19,20). The molecule has 0 saturated carbocycles. The zero-order valence-corrected chi connectivity index (χ0v) is 13.1. The number of hydrogen-bond donors (Lipinski definition) is 1. The summed E-state index contributed by atoms with van der Waals surface area (Å²) >= 11 is 1.75. The van der Waals surface area contributed by atoms with Crippen molar-refractivity contribution in [1.82, 2.24) is 19.7 Å². The van der Waals surface area contributed by atoms with Gasteiger partial charge in [-0.25, -0.2) is 0 Å². The van der Waals surface area contributed by atoms with E-state index in [1.54, 1.807) is 11.3 Å². The number of aliphatic carboxylic acids is 1. The van der Waals surface area contributed by atoms with Gasteiger partial charge in [-0.05, 0) is 32.4 Å². The van der Waals surface area contributed by atoms with Gasteiger partial charge < -0.3 is 9.67 Å². The highest BCUT2D eigenvalue weighted by Gasteiger charge is 2.33. The van der Waals surface area contributed by atoms with Gasteiger partial charge in [0.05, 0.1) is 13.1 Å². The van der Waals surface area contributed by atoms with Crippen LogP contribution in [0.4, 0.5) is 0 Å². The van der Waals surface area contributed by atoms with Crippen molar-refractivity contribution in [2.45, 2.75) is 46.4 Å². The summed E-state index contributed by atoms with van der Waals surface area (Å²) in [5, 5.41) is 17.7. The van der Waals surface area contributed by atoms with Crippen LogP contribution < -0.4 is 0 Å². The van der Waals surface area contributed by atoms with Crippen LogP contribution in [0.1, 0.15) is 27.0 Å². The maximum atomic E-state index is 11.6. The van der Waals surface area contributed by atoms with E-state index in [0.29, 0.717) is 19.6 Å². The molecule has 112 valence electrons. The molecule has 7 heteroatoms. The Morgan fingerprint density at radius 2 is 2.19 bits per heavy atom. The molecule has 6 nitrogen and oxygen atoms in total. The van der Waals surface area contributed by atoms with E-state index in [0.717, 1.165) is 11.6 Å². The Bertz CT molecular complexity index is 691. The third-order valence-corrected chi connectivity index (χ3v) is 4.96. The second-order valence-corrected chi connectivity index (χ2v) is 6.93. The molecule has 2 aromatic rings. The number of hydrogen-bond acceptors (Lipinski definition) is 5. The second-order valence-electron chi connectivity index (χ2n) is 5.47. The number of aryl methyl sites for hydroxylation is 3. The van der Waals surface area contributed by atoms with Crippen molar-refractivity contribution < 1.29 is 9.90 Å². The van der Waals surface area contributed by atoms with Gasteiger partial charge in [0.1, 0.15) is 17.7 Å². The molecule has 1 aliphatic heterocycles. The number of carbonyl (C=O) groups is 1. The highest BCUT2D eigenvalue weighted by atomic mass is 32.1. The second kappa shape index (κ2) is 5.23. The molecule has 3 rings (SSSR count). The lowest BCUT2D eigenvalue weighted by Crippen LogP contribution is -2.47. The number of aromatic nitrogens is 3. The molecular weight excluding hydrogens is 288 g/mol. The van der Waals surface area contributed by atoms with E-state index in [2.05, 4.69) is 30.1 Å². The summed E-state index contributed by atoms with van der Waals surface area (Å²) < 4.78 is 1.90. The van der Waals surface area contributed by atoms with E-state index in [-0.39, 0.29) is 0 Å². The summed E-state index contributed by atoms with van der Waals surface area (Å²) in [7, 11) is 0. The van der Waals surface area contributed by atoms with Gasteiger partial charge in [0, 0.05) is 16.3 Å². The molecule has 21 heavy (non-hydrogen) atoms. The van der Waals surface area contributed by atoms with Gasteiger partial charge in [-0.3, -0.25) is 9.69 Å². The average Bonchev–Trinajstić information content (AvgIpc) is 2.92. The van der Waals surface area contributed by atoms with E-state index in [1.807, 2.05) is 16.4 Å². The third-order valence-electron chi connectivity index (χ3n) is 3.96. The predicted octanol–water partition coefficient (Wildman–Crippen LogP) is 1.73.